The molecular weight excluding hydrogens is 376 g/mol. The topological polar surface area (TPSA) is 48.7 Å². The van der Waals surface area contributed by atoms with E-state index in [0.29, 0.717) is 33.2 Å². The van der Waals surface area contributed by atoms with Crippen molar-refractivity contribution in [2.45, 2.75) is 0 Å². The van der Waals surface area contributed by atoms with Crippen LogP contribution in [0.1, 0.15) is 0 Å². The zero-order valence-electron chi connectivity index (χ0n) is 15.4. The minimum atomic E-state index is -0.430. The lowest BCUT2D eigenvalue weighted by molar-refractivity contribution is 0.355. The van der Waals surface area contributed by atoms with E-state index in [4.69, 9.17) is 25.5 Å². The smallest absolute Gasteiger partial charge is 0.344 e. The van der Waals surface area contributed by atoms with E-state index in [0.717, 1.165) is 16.5 Å². The molecule has 1 aromatic heterocycles. The lowest BCUT2D eigenvalue weighted by Crippen LogP contribution is -2.06. The molecule has 3 aromatic carbocycles. The minimum Gasteiger partial charge on any atom is -0.493 e. The number of rotatable bonds is 4. The van der Waals surface area contributed by atoms with Crippen LogP contribution in [-0.4, -0.2) is 14.2 Å². The number of ether oxygens (including phenoxy) is 2. The second kappa shape index (κ2) is 7.41. The Labute approximate surface area is 166 Å². The van der Waals surface area contributed by atoms with Gasteiger partial charge in [-0.25, -0.2) is 4.79 Å². The summed E-state index contributed by atoms with van der Waals surface area (Å²) in [5, 5.41) is 1.33. The highest BCUT2D eigenvalue weighted by molar-refractivity contribution is 6.31. The van der Waals surface area contributed by atoms with Crippen molar-refractivity contribution in [2.24, 2.45) is 0 Å². The zero-order chi connectivity index (χ0) is 19.7. The minimum absolute atomic E-state index is 0.430. The molecule has 0 unspecified atom stereocenters. The summed E-state index contributed by atoms with van der Waals surface area (Å²) in [6.45, 7) is 0. The molecule has 4 aromatic rings. The van der Waals surface area contributed by atoms with E-state index < -0.39 is 5.63 Å². The lowest BCUT2D eigenvalue weighted by atomic mass is 9.93. The van der Waals surface area contributed by atoms with Gasteiger partial charge in [0.25, 0.3) is 0 Å². The molecule has 4 nitrogen and oxygen atoms in total. The number of halogens is 1. The normalized spacial score (nSPS) is 10.8. The second-order valence-corrected chi connectivity index (χ2v) is 6.65. The third-order valence-electron chi connectivity index (χ3n) is 4.60. The molecule has 0 aliphatic carbocycles. The molecule has 4 rings (SSSR count). The first-order chi connectivity index (χ1) is 13.6. The Balaban J connectivity index is 2.12. The van der Waals surface area contributed by atoms with Crippen LogP contribution in [0, 0.1) is 0 Å². The maximum Gasteiger partial charge on any atom is 0.344 e. The van der Waals surface area contributed by atoms with Crippen LogP contribution in [-0.2, 0) is 0 Å². The molecule has 0 spiro atoms. The van der Waals surface area contributed by atoms with E-state index in [1.54, 1.807) is 38.5 Å². The van der Waals surface area contributed by atoms with Crippen molar-refractivity contribution in [3.8, 4) is 33.8 Å². The Kier molecular flexibility index (Phi) is 4.80. The Bertz CT molecular complexity index is 1210. The molecule has 0 radical (unpaired) electrons. The van der Waals surface area contributed by atoms with E-state index in [9.17, 15) is 4.79 Å². The van der Waals surface area contributed by atoms with Crippen LogP contribution in [0.2, 0.25) is 5.02 Å². The zero-order valence-corrected chi connectivity index (χ0v) is 16.1. The van der Waals surface area contributed by atoms with Crippen LogP contribution in [0.4, 0.5) is 0 Å². The number of benzene rings is 3. The molecule has 0 amide bonds. The summed E-state index contributed by atoms with van der Waals surface area (Å²) >= 11 is 6.25. The predicted molar refractivity (Wildman–Crippen MR) is 111 cm³/mol. The largest absolute Gasteiger partial charge is 0.493 e. The van der Waals surface area contributed by atoms with Crippen LogP contribution >= 0.6 is 11.6 Å². The lowest BCUT2D eigenvalue weighted by Gasteiger charge is -2.14. The van der Waals surface area contributed by atoms with E-state index in [1.807, 2.05) is 42.5 Å². The summed E-state index contributed by atoms with van der Waals surface area (Å²) in [5.41, 5.74) is 2.83. The fraction of sp³-hybridized carbons (Fsp3) is 0.0870. The Hall–Kier alpha value is -3.24. The van der Waals surface area contributed by atoms with Gasteiger partial charge in [-0.15, -0.1) is 0 Å². The number of methoxy groups -OCH3 is 2. The quantitative estimate of drug-likeness (QED) is 0.412. The van der Waals surface area contributed by atoms with Crippen LogP contribution in [0.25, 0.3) is 33.2 Å². The van der Waals surface area contributed by atoms with Crippen molar-refractivity contribution in [1.29, 1.82) is 0 Å². The third kappa shape index (κ3) is 3.12. The number of hydrogen-bond donors (Lipinski definition) is 0. The van der Waals surface area contributed by atoms with Gasteiger partial charge in [0.15, 0.2) is 11.5 Å². The monoisotopic (exact) mass is 392 g/mol. The molecule has 0 saturated heterocycles. The molecule has 140 valence electrons. The third-order valence-corrected chi connectivity index (χ3v) is 4.84. The van der Waals surface area contributed by atoms with Gasteiger partial charge < -0.3 is 13.9 Å². The SMILES string of the molecule is COc1ccc(-c2c(-c3ccccc3)c3cc(Cl)ccc3oc2=O)cc1OC. The van der Waals surface area contributed by atoms with E-state index in [1.165, 1.54) is 0 Å². The fourth-order valence-corrected chi connectivity index (χ4v) is 3.50. The summed E-state index contributed by atoms with van der Waals surface area (Å²) in [6, 6.07) is 20.3. The number of fused-ring (bicyclic) bond motifs is 1. The first-order valence-electron chi connectivity index (χ1n) is 8.66. The molecule has 0 atom stereocenters. The van der Waals surface area contributed by atoms with Gasteiger partial charge in [-0.2, -0.15) is 0 Å². The second-order valence-electron chi connectivity index (χ2n) is 6.22. The van der Waals surface area contributed by atoms with Crippen LogP contribution in [0.5, 0.6) is 11.5 Å². The van der Waals surface area contributed by atoms with Gasteiger partial charge in [0.2, 0.25) is 0 Å². The summed E-state index contributed by atoms with van der Waals surface area (Å²) in [6.07, 6.45) is 0. The van der Waals surface area contributed by atoms with Crippen LogP contribution in [0.3, 0.4) is 0 Å². The standard InChI is InChI=1S/C23H17ClO4/c1-26-19-10-8-15(12-20(19)27-2)22-21(14-6-4-3-5-7-14)17-13-16(24)9-11-18(17)28-23(22)25/h3-13H,1-2H3. The first-order valence-corrected chi connectivity index (χ1v) is 9.04. The summed E-state index contributed by atoms with van der Waals surface area (Å²) in [4.78, 5) is 13.0. The van der Waals surface area contributed by atoms with Crippen LogP contribution in [0.15, 0.2) is 75.9 Å². The highest BCUT2D eigenvalue weighted by atomic mass is 35.5. The molecule has 0 aliphatic heterocycles. The van der Waals surface area contributed by atoms with Gasteiger partial charge in [-0.1, -0.05) is 48.0 Å². The van der Waals surface area contributed by atoms with Crippen molar-refractivity contribution >= 4 is 22.6 Å². The van der Waals surface area contributed by atoms with Crippen LogP contribution < -0.4 is 15.1 Å². The molecule has 0 fully saturated rings. The molecule has 0 bridgehead atoms. The average Bonchev–Trinajstić information content (AvgIpc) is 2.73. The molecule has 1 heterocycles. The van der Waals surface area contributed by atoms with Crippen molar-refractivity contribution in [1.82, 2.24) is 0 Å². The summed E-state index contributed by atoms with van der Waals surface area (Å²) in [5.74, 6) is 1.12. The van der Waals surface area contributed by atoms with E-state index in [-0.39, 0.29) is 0 Å². The molecular formula is C23H17ClO4. The van der Waals surface area contributed by atoms with E-state index >= 15 is 0 Å². The van der Waals surface area contributed by atoms with Crippen molar-refractivity contribution in [2.75, 3.05) is 14.2 Å². The summed E-state index contributed by atoms with van der Waals surface area (Å²) in [7, 11) is 3.13. The highest BCUT2D eigenvalue weighted by Crippen LogP contribution is 2.39. The van der Waals surface area contributed by atoms with Crippen molar-refractivity contribution in [3.05, 3.63) is 82.2 Å². The highest BCUT2D eigenvalue weighted by Gasteiger charge is 2.19. The molecule has 0 N–H and O–H groups in total. The van der Waals surface area contributed by atoms with Gasteiger partial charge in [0, 0.05) is 16.0 Å². The molecule has 5 heteroatoms. The first kappa shape index (κ1) is 18.1. The Morgan fingerprint density at radius 2 is 1.54 bits per heavy atom. The van der Waals surface area contributed by atoms with Crippen molar-refractivity contribution < 1.29 is 13.9 Å². The van der Waals surface area contributed by atoms with Gasteiger partial charge in [0.1, 0.15) is 5.58 Å². The summed E-state index contributed by atoms with van der Waals surface area (Å²) < 4.78 is 16.3. The molecule has 0 saturated carbocycles. The predicted octanol–water partition coefficient (Wildman–Crippen LogP) is 5.80. The van der Waals surface area contributed by atoms with E-state index in [2.05, 4.69) is 0 Å². The van der Waals surface area contributed by atoms with Gasteiger partial charge >= 0.3 is 5.63 Å². The Morgan fingerprint density at radius 3 is 2.25 bits per heavy atom. The maximum atomic E-state index is 13.0. The maximum absolute atomic E-state index is 13.0. The Morgan fingerprint density at radius 1 is 0.786 bits per heavy atom. The average molecular weight is 393 g/mol. The molecule has 28 heavy (non-hydrogen) atoms. The van der Waals surface area contributed by atoms with Crippen molar-refractivity contribution in [3.63, 3.8) is 0 Å². The fourth-order valence-electron chi connectivity index (χ4n) is 3.33. The number of hydrogen-bond acceptors (Lipinski definition) is 4. The van der Waals surface area contributed by atoms with Gasteiger partial charge in [-0.05, 0) is 41.5 Å². The molecule has 0 aliphatic rings. The van der Waals surface area contributed by atoms with Gasteiger partial charge in [-0.3, -0.25) is 0 Å². The van der Waals surface area contributed by atoms with Gasteiger partial charge in [0.05, 0.1) is 19.8 Å².